The number of nitrogens with one attached hydrogen (secondary N) is 1. The van der Waals surface area contributed by atoms with Gasteiger partial charge in [-0.25, -0.2) is 0 Å². The zero-order valence-electron chi connectivity index (χ0n) is 8.87. The van der Waals surface area contributed by atoms with Crippen molar-refractivity contribution in [2.75, 3.05) is 11.9 Å². The third kappa shape index (κ3) is 4.47. The van der Waals surface area contributed by atoms with Gasteiger partial charge in [-0.2, -0.15) is 0 Å². The molecule has 0 saturated heterocycles. The molecule has 0 radical (unpaired) electrons. The van der Waals surface area contributed by atoms with E-state index in [4.69, 9.17) is 0 Å². The summed E-state index contributed by atoms with van der Waals surface area (Å²) in [5.41, 5.74) is 1.32. The summed E-state index contributed by atoms with van der Waals surface area (Å²) in [6.07, 6.45) is 0.975. The molecule has 0 bridgehead atoms. The van der Waals surface area contributed by atoms with E-state index in [1.807, 2.05) is 18.2 Å². The van der Waals surface area contributed by atoms with Gasteiger partial charge in [-0.1, -0.05) is 53.2 Å². The van der Waals surface area contributed by atoms with E-state index >= 15 is 0 Å². The Kier molecular flexibility index (Phi) is 5.40. The third-order valence-corrected chi connectivity index (χ3v) is 2.90. The average Bonchev–Trinajstić information content (AvgIpc) is 2.29. The molecule has 0 aliphatic rings. The van der Waals surface area contributed by atoms with Crippen molar-refractivity contribution in [3.8, 4) is 0 Å². The van der Waals surface area contributed by atoms with Crippen molar-refractivity contribution < 1.29 is 4.79 Å². The lowest BCUT2D eigenvalue weighted by Crippen LogP contribution is -2.26. The van der Waals surface area contributed by atoms with Crippen molar-refractivity contribution in [1.29, 1.82) is 0 Å². The first-order valence-electron chi connectivity index (χ1n) is 5.11. The molecule has 1 aromatic carbocycles. The molecule has 0 fully saturated rings. The summed E-state index contributed by atoms with van der Waals surface area (Å²) in [6, 6.07) is 10.3. The van der Waals surface area contributed by atoms with Crippen LogP contribution in [0.5, 0.6) is 0 Å². The van der Waals surface area contributed by atoms with Gasteiger partial charge in [0.05, 0.1) is 5.33 Å². The van der Waals surface area contributed by atoms with Gasteiger partial charge in [-0.15, -0.1) is 0 Å². The van der Waals surface area contributed by atoms with E-state index in [-0.39, 0.29) is 5.91 Å². The Morgan fingerprint density at radius 1 is 1.40 bits per heavy atom. The van der Waals surface area contributed by atoms with Gasteiger partial charge < -0.3 is 5.32 Å². The highest BCUT2D eigenvalue weighted by Crippen LogP contribution is 2.17. The molecule has 0 spiro atoms. The summed E-state index contributed by atoms with van der Waals surface area (Å²) in [6.45, 7) is 2.91. The topological polar surface area (TPSA) is 29.1 Å². The molecule has 1 N–H and O–H groups in total. The zero-order chi connectivity index (χ0) is 11.1. The van der Waals surface area contributed by atoms with Gasteiger partial charge in [0.2, 0.25) is 5.91 Å². The molecule has 1 amide bonds. The SMILES string of the molecule is CC(CCNC(=O)CBr)c1ccccc1. The number of alkyl halides is 1. The van der Waals surface area contributed by atoms with Crippen LogP contribution in [-0.4, -0.2) is 17.8 Å². The van der Waals surface area contributed by atoms with Gasteiger partial charge in [0.25, 0.3) is 0 Å². The predicted octanol–water partition coefficient (Wildman–Crippen LogP) is 2.69. The van der Waals surface area contributed by atoms with Crippen LogP contribution >= 0.6 is 15.9 Å². The smallest absolute Gasteiger partial charge is 0.230 e. The zero-order valence-corrected chi connectivity index (χ0v) is 10.5. The second kappa shape index (κ2) is 6.62. The number of carbonyl (C=O) groups is 1. The highest BCUT2D eigenvalue weighted by molar-refractivity contribution is 9.09. The van der Waals surface area contributed by atoms with Gasteiger partial charge in [0.15, 0.2) is 0 Å². The van der Waals surface area contributed by atoms with Crippen molar-refractivity contribution in [1.82, 2.24) is 5.32 Å². The molecule has 1 atom stereocenters. The molecule has 3 heteroatoms. The van der Waals surface area contributed by atoms with Crippen LogP contribution in [0.1, 0.15) is 24.8 Å². The predicted molar refractivity (Wildman–Crippen MR) is 66.3 cm³/mol. The summed E-state index contributed by atoms with van der Waals surface area (Å²) in [4.78, 5) is 11.0. The van der Waals surface area contributed by atoms with E-state index in [1.165, 1.54) is 5.56 Å². The van der Waals surface area contributed by atoms with Crippen LogP contribution in [0, 0.1) is 0 Å². The number of hydrogen-bond donors (Lipinski definition) is 1. The molecule has 0 saturated carbocycles. The standard InChI is InChI=1S/C12H16BrNO/c1-10(7-8-14-12(15)9-13)11-5-3-2-4-6-11/h2-6,10H,7-9H2,1H3,(H,14,15). The van der Waals surface area contributed by atoms with Gasteiger partial charge in [0, 0.05) is 6.54 Å². The summed E-state index contributed by atoms with van der Waals surface area (Å²) in [7, 11) is 0. The summed E-state index contributed by atoms with van der Waals surface area (Å²) in [5.74, 6) is 0.539. The quantitative estimate of drug-likeness (QED) is 0.819. The van der Waals surface area contributed by atoms with Crippen molar-refractivity contribution in [3.05, 3.63) is 35.9 Å². The maximum absolute atomic E-state index is 11.0. The minimum Gasteiger partial charge on any atom is -0.355 e. The first-order chi connectivity index (χ1) is 7.24. The van der Waals surface area contributed by atoms with E-state index in [0.717, 1.165) is 13.0 Å². The molecule has 1 rings (SSSR count). The summed E-state index contributed by atoms with van der Waals surface area (Å²) >= 11 is 3.11. The fourth-order valence-electron chi connectivity index (χ4n) is 1.42. The van der Waals surface area contributed by atoms with E-state index in [9.17, 15) is 4.79 Å². The molecule has 0 heterocycles. The Morgan fingerprint density at radius 3 is 2.67 bits per heavy atom. The third-order valence-electron chi connectivity index (χ3n) is 2.39. The Balaban J connectivity index is 2.31. The monoisotopic (exact) mass is 269 g/mol. The van der Waals surface area contributed by atoms with Crippen molar-refractivity contribution in [2.24, 2.45) is 0 Å². The maximum Gasteiger partial charge on any atom is 0.230 e. The van der Waals surface area contributed by atoms with Crippen molar-refractivity contribution >= 4 is 21.8 Å². The van der Waals surface area contributed by atoms with Gasteiger partial charge >= 0.3 is 0 Å². The number of amides is 1. The lowest BCUT2D eigenvalue weighted by Gasteiger charge is -2.11. The largest absolute Gasteiger partial charge is 0.355 e. The van der Waals surface area contributed by atoms with Crippen LogP contribution < -0.4 is 5.32 Å². The van der Waals surface area contributed by atoms with Crippen LogP contribution in [0.3, 0.4) is 0 Å². The van der Waals surface area contributed by atoms with E-state index in [0.29, 0.717) is 11.2 Å². The minimum absolute atomic E-state index is 0.0512. The molecular weight excluding hydrogens is 254 g/mol. The normalized spacial score (nSPS) is 12.1. The molecule has 0 aromatic heterocycles. The Bertz CT molecular complexity index is 300. The average molecular weight is 270 g/mol. The van der Waals surface area contributed by atoms with E-state index in [1.54, 1.807) is 0 Å². The van der Waals surface area contributed by atoms with Gasteiger partial charge in [0.1, 0.15) is 0 Å². The maximum atomic E-state index is 11.0. The number of carbonyl (C=O) groups excluding carboxylic acids is 1. The highest BCUT2D eigenvalue weighted by Gasteiger charge is 2.05. The van der Waals surface area contributed by atoms with Crippen LogP contribution in [0.4, 0.5) is 0 Å². The Hall–Kier alpha value is -0.830. The molecular formula is C12H16BrNO. The molecule has 0 aliphatic heterocycles. The molecule has 2 nitrogen and oxygen atoms in total. The van der Waals surface area contributed by atoms with Gasteiger partial charge in [-0.3, -0.25) is 4.79 Å². The molecule has 1 unspecified atom stereocenters. The highest BCUT2D eigenvalue weighted by atomic mass is 79.9. The first-order valence-corrected chi connectivity index (χ1v) is 6.23. The minimum atomic E-state index is 0.0512. The lowest BCUT2D eigenvalue weighted by molar-refractivity contribution is -0.118. The van der Waals surface area contributed by atoms with Crippen LogP contribution in [0.25, 0.3) is 0 Å². The van der Waals surface area contributed by atoms with E-state index < -0.39 is 0 Å². The fraction of sp³-hybridized carbons (Fsp3) is 0.417. The van der Waals surface area contributed by atoms with Gasteiger partial charge in [-0.05, 0) is 17.9 Å². The lowest BCUT2D eigenvalue weighted by atomic mass is 9.98. The number of benzene rings is 1. The van der Waals surface area contributed by atoms with Crippen LogP contribution in [-0.2, 0) is 4.79 Å². The number of hydrogen-bond acceptors (Lipinski definition) is 1. The number of rotatable bonds is 5. The van der Waals surface area contributed by atoms with Crippen LogP contribution in [0.2, 0.25) is 0 Å². The second-order valence-electron chi connectivity index (χ2n) is 3.58. The molecule has 82 valence electrons. The second-order valence-corrected chi connectivity index (χ2v) is 4.14. The summed E-state index contributed by atoms with van der Waals surface area (Å²) < 4.78 is 0. The van der Waals surface area contributed by atoms with Crippen LogP contribution in [0.15, 0.2) is 30.3 Å². The molecule has 15 heavy (non-hydrogen) atoms. The number of halogens is 1. The first kappa shape index (κ1) is 12.2. The van der Waals surface area contributed by atoms with E-state index in [2.05, 4.69) is 40.3 Å². The fourth-order valence-corrected chi connectivity index (χ4v) is 1.62. The van der Waals surface area contributed by atoms with Crippen molar-refractivity contribution in [2.45, 2.75) is 19.3 Å². The molecule has 0 aliphatic carbocycles. The Morgan fingerprint density at radius 2 is 2.07 bits per heavy atom. The Labute approximate surface area is 99.2 Å². The molecule has 1 aromatic rings. The van der Waals surface area contributed by atoms with Crippen molar-refractivity contribution in [3.63, 3.8) is 0 Å². The summed E-state index contributed by atoms with van der Waals surface area (Å²) in [5, 5.41) is 3.23.